The fourth-order valence-corrected chi connectivity index (χ4v) is 3.59. The van der Waals surface area contributed by atoms with E-state index in [1.807, 2.05) is 13.8 Å². The molecule has 0 spiro atoms. The third-order valence-electron chi connectivity index (χ3n) is 5.34. The van der Waals surface area contributed by atoms with Gasteiger partial charge in [-0.3, -0.25) is 14.4 Å². The van der Waals surface area contributed by atoms with Crippen LogP contribution in [0, 0.1) is 5.92 Å². The average molecular weight is 523 g/mol. The molecule has 3 atom stereocenters. The van der Waals surface area contributed by atoms with Gasteiger partial charge in [0.2, 0.25) is 29.5 Å². The first-order valence-electron chi connectivity index (χ1n) is 12.5. The SMILES string of the molecule is CC(C)C[C@@H]1NC(=O)[C@@H](NC(=O)OC(C)(C)C)CCc2nnc(o2)CCNC(=O)CC[C@@H](C=O)NC1=O. The molecule has 13 heteroatoms. The summed E-state index contributed by atoms with van der Waals surface area (Å²) in [6.07, 6.45) is 0.725. The number of carbonyl (C=O) groups excluding carboxylic acids is 5. The van der Waals surface area contributed by atoms with E-state index in [4.69, 9.17) is 9.15 Å². The van der Waals surface area contributed by atoms with Crippen molar-refractivity contribution in [2.75, 3.05) is 6.54 Å². The van der Waals surface area contributed by atoms with Crippen LogP contribution >= 0.6 is 0 Å². The van der Waals surface area contributed by atoms with E-state index in [0.717, 1.165) is 0 Å². The van der Waals surface area contributed by atoms with E-state index in [2.05, 4.69) is 31.5 Å². The van der Waals surface area contributed by atoms with Gasteiger partial charge in [-0.2, -0.15) is 0 Å². The average Bonchev–Trinajstić information content (AvgIpc) is 3.24. The molecule has 0 unspecified atom stereocenters. The number of nitrogens with zero attached hydrogens (tertiary/aromatic N) is 2. The molecule has 2 bridgehead atoms. The van der Waals surface area contributed by atoms with E-state index < -0.39 is 41.6 Å². The van der Waals surface area contributed by atoms with E-state index in [0.29, 0.717) is 18.6 Å². The summed E-state index contributed by atoms with van der Waals surface area (Å²) < 4.78 is 10.9. The standard InChI is InChI=1S/C24H38N6O7/c1-14(2)12-17-22(34)26-15(13-31)6-8-18(32)25-11-10-20-30-29-19(36-20)9-7-16(21(33)27-17)28-23(35)37-24(3,4)5/h13-17H,6-12H2,1-5H3,(H,25,32)(H,26,34)(H,27,33)(H,28,35)/t15-,16-,17-/m0/s1. The highest BCUT2D eigenvalue weighted by Crippen LogP contribution is 2.12. The van der Waals surface area contributed by atoms with Gasteiger partial charge in [0.1, 0.15) is 24.0 Å². The number of alkyl carbamates (subject to hydrolysis) is 1. The predicted octanol–water partition coefficient (Wildman–Crippen LogP) is 0.563. The van der Waals surface area contributed by atoms with E-state index in [9.17, 15) is 24.0 Å². The second-order valence-electron chi connectivity index (χ2n) is 10.4. The van der Waals surface area contributed by atoms with Crippen LogP contribution in [0.2, 0.25) is 0 Å². The van der Waals surface area contributed by atoms with Crippen molar-refractivity contribution in [1.82, 2.24) is 31.5 Å². The van der Waals surface area contributed by atoms with Gasteiger partial charge >= 0.3 is 6.09 Å². The molecule has 2 rings (SSSR count). The highest BCUT2D eigenvalue weighted by molar-refractivity contribution is 5.92. The summed E-state index contributed by atoms with van der Waals surface area (Å²) in [6.45, 7) is 9.12. The van der Waals surface area contributed by atoms with Crippen molar-refractivity contribution in [1.29, 1.82) is 0 Å². The van der Waals surface area contributed by atoms with Crippen LogP contribution in [0.5, 0.6) is 0 Å². The molecule has 1 aliphatic rings. The molecule has 4 N–H and O–H groups in total. The van der Waals surface area contributed by atoms with E-state index in [1.165, 1.54) is 0 Å². The Morgan fingerprint density at radius 1 is 1.08 bits per heavy atom. The van der Waals surface area contributed by atoms with Crippen LogP contribution in [0.3, 0.4) is 0 Å². The molecular formula is C24H38N6O7. The number of fused-ring (bicyclic) bond motifs is 2. The number of amides is 4. The zero-order chi connectivity index (χ0) is 27.6. The van der Waals surface area contributed by atoms with Crippen molar-refractivity contribution < 1.29 is 33.1 Å². The van der Waals surface area contributed by atoms with Crippen molar-refractivity contribution in [2.24, 2.45) is 5.92 Å². The van der Waals surface area contributed by atoms with Crippen molar-refractivity contribution in [2.45, 2.75) is 96.9 Å². The maximum absolute atomic E-state index is 13.3. The Balaban J connectivity index is 2.29. The van der Waals surface area contributed by atoms with Gasteiger partial charge in [-0.1, -0.05) is 13.8 Å². The Morgan fingerprint density at radius 2 is 1.76 bits per heavy atom. The Hall–Kier alpha value is -3.51. The van der Waals surface area contributed by atoms with Crippen molar-refractivity contribution in [3.8, 4) is 0 Å². The molecular weight excluding hydrogens is 484 g/mol. The predicted molar refractivity (Wildman–Crippen MR) is 131 cm³/mol. The van der Waals surface area contributed by atoms with Crippen LogP contribution in [-0.4, -0.2) is 70.6 Å². The zero-order valence-electron chi connectivity index (χ0n) is 22.1. The zero-order valence-corrected chi connectivity index (χ0v) is 22.1. The highest BCUT2D eigenvalue weighted by atomic mass is 16.6. The first-order chi connectivity index (χ1) is 17.4. The third kappa shape index (κ3) is 11.0. The minimum atomic E-state index is -1.06. The number of hydrogen-bond donors (Lipinski definition) is 4. The summed E-state index contributed by atoms with van der Waals surface area (Å²) in [5.74, 6) is -0.842. The minimum Gasteiger partial charge on any atom is -0.444 e. The van der Waals surface area contributed by atoms with Gasteiger partial charge in [0, 0.05) is 25.8 Å². The number of aldehydes is 1. The van der Waals surface area contributed by atoms with E-state index in [1.54, 1.807) is 20.8 Å². The quantitative estimate of drug-likeness (QED) is 0.411. The number of nitrogens with one attached hydrogen (secondary N) is 4. The molecule has 37 heavy (non-hydrogen) atoms. The topological polar surface area (TPSA) is 182 Å². The Labute approximate surface area is 216 Å². The molecule has 1 aliphatic heterocycles. The molecule has 0 saturated heterocycles. The second kappa shape index (κ2) is 13.7. The van der Waals surface area contributed by atoms with Gasteiger partial charge in [0.25, 0.3) is 0 Å². The lowest BCUT2D eigenvalue weighted by molar-refractivity contribution is -0.131. The molecule has 4 amide bonds. The lowest BCUT2D eigenvalue weighted by Gasteiger charge is -2.26. The van der Waals surface area contributed by atoms with Crippen LogP contribution < -0.4 is 21.3 Å². The van der Waals surface area contributed by atoms with Gasteiger partial charge < -0.3 is 35.2 Å². The largest absolute Gasteiger partial charge is 0.444 e. The smallest absolute Gasteiger partial charge is 0.408 e. The molecule has 1 aromatic rings. The van der Waals surface area contributed by atoms with Crippen LogP contribution in [0.15, 0.2) is 4.42 Å². The lowest BCUT2D eigenvalue weighted by Crippen LogP contribution is -2.55. The Kier molecular flexibility index (Phi) is 11.0. The fourth-order valence-electron chi connectivity index (χ4n) is 3.59. The normalized spacial score (nSPS) is 22.6. The van der Waals surface area contributed by atoms with E-state index >= 15 is 0 Å². The fraction of sp³-hybridized carbons (Fsp3) is 0.708. The second-order valence-corrected chi connectivity index (χ2v) is 10.4. The number of aromatic nitrogens is 2. The first-order valence-corrected chi connectivity index (χ1v) is 12.5. The number of ether oxygens (including phenoxy) is 1. The van der Waals surface area contributed by atoms with E-state index in [-0.39, 0.29) is 56.4 Å². The molecule has 0 aliphatic carbocycles. The molecule has 2 heterocycles. The van der Waals surface area contributed by atoms with Crippen molar-refractivity contribution in [3.63, 3.8) is 0 Å². The van der Waals surface area contributed by atoms with Crippen LogP contribution in [0.4, 0.5) is 4.79 Å². The van der Waals surface area contributed by atoms with Gasteiger partial charge in [0.05, 0.1) is 6.04 Å². The maximum Gasteiger partial charge on any atom is 0.408 e. The Morgan fingerprint density at radius 3 is 2.38 bits per heavy atom. The molecule has 13 nitrogen and oxygen atoms in total. The summed E-state index contributed by atoms with van der Waals surface area (Å²) in [6, 6.07) is -2.94. The number of carbonyl (C=O) groups is 5. The molecule has 0 radical (unpaired) electrons. The van der Waals surface area contributed by atoms with Crippen LogP contribution in [0.1, 0.15) is 72.1 Å². The summed E-state index contributed by atoms with van der Waals surface area (Å²) >= 11 is 0. The summed E-state index contributed by atoms with van der Waals surface area (Å²) in [7, 11) is 0. The molecule has 0 saturated carbocycles. The number of hydrogen-bond acceptors (Lipinski definition) is 9. The summed E-state index contributed by atoms with van der Waals surface area (Å²) in [5, 5.41) is 18.5. The van der Waals surface area contributed by atoms with Crippen molar-refractivity contribution in [3.05, 3.63) is 11.8 Å². The van der Waals surface area contributed by atoms with Crippen molar-refractivity contribution >= 4 is 30.1 Å². The summed E-state index contributed by atoms with van der Waals surface area (Å²) in [4.78, 5) is 62.4. The third-order valence-corrected chi connectivity index (χ3v) is 5.34. The maximum atomic E-state index is 13.3. The summed E-state index contributed by atoms with van der Waals surface area (Å²) in [5.41, 5.74) is -0.781. The Bertz CT molecular complexity index is 956. The number of aryl methyl sites for hydroxylation is 1. The van der Waals surface area contributed by atoms with Crippen LogP contribution in [-0.2, 0) is 36.8 Å². The van der Waals surface area contributed by atoms with Gasteiger partial charge in [-0.25, -0.2) is 4.79 Å². The minimum absolute atomic E-state index is 0.0157. The molecule has 0 aromatic carbocycles. The lowest BCUT2D eigenvalue weighted by atomic mass is 10.0. The monoisotopic (exact) mass is 522 g/mol. The van der Waals surface area contributed by atoms with Crippen LogP contribution in [0.25, 0.3) is 0 Å². The highest BCUT2D eigenvalue weighted by Gasteiger charge is 2.30. The number of rotatable bonds is 4. The van der Waals surface area contributed by atoms with Gasteiger partial charge in [0.15, 0.2) is 0 Å². The molecule has 0 fully saturated rings. The molecule has 206 valence electrons. The van der Waals surface area contributed by atoms with Gasteiger partial charge in [-0.15, -0.1) is 10.2 Å². The molecule has 1 aromatic heterocycles. The van der Waals surface area contributed by atoms with Gasteiger partial charge in [-0.05, 0) is 46.0 Å². The first kappa shape index (κ1) is 29.7.